The lowest BCUT2D eigenvalue weighted by Crippen LogP contribution is -2.59. The van der Waals surface area contributed by atoms with Gasteiger partial charge in [-0.2, -0.15) is 0 Å². The Morgan fingerprint density at radius 2 is 1.59 bits per heavy atom. The fraction of sp³-hybridized carbons (Fsp3) is 0.361. The number of fused-ring (bicyclic) bond motifs is 3. The van der Waals surface area contributed by atoms with Crippen LogP contribution in [0.1, 0.15) is 36.0 Å². The molecule has 0 radical (unpaired) electrons. The summed E-state index contributed by atoms with van der Waals surface area (Å²) in [5, 5.41) is 11.4. The van der Waals surface area contributed by atoms with Gasteiger partial charge in [-0.05, 0) is 72.5 Å². The van der Waals surface area contributed by atoms with Crippen molar-refractivity contribution in [2.24, 2.45) is 18.5 Å². The molecule has 0 bridgehead atoms. The summed E-state index contributed by atoms with van der Waals surface area (Å²) >= 11 is 14.3. The van der Waals surface area contributed by atoms with Gasteiger partial charge in [-0.25, -0.2) is 0 Å². The summed E-state index contributed by atoms with van der Waals surface area (Å²) in [5.41, 5.74) is 15.5. The molecule has 0 spiro atoms. The number of likely N-dealkylation sites (N-methyl/N-ethyl adjacent to an activating group) is 1. The van der Waals surface area contributed by atoms with E-state index in [9.17, 15) is 14.4 Å². The molecule has 1 aromatic heterocycles. The third-order valence-electron chi connectivity index (χ3n) is 8.89. The molecule has 3 aromatic carbocycles. The Labute approximate surface area is 301 Å². The van der Waals surface area contributed by atoms with E-state index in [1.54, 1.807) is 24.9 Å². The molecule has 49 heavy (non-hydrogen) atoms. The molecule has 1 aliphatic heterocycles. The van der Waals surface area contributed by atoms with E-state index in [1.165, 1.54) is 4.90 Å². The minimum Gasteiger partial charge on any atom is -0.350 e. The van der Waals surface area contributed by atoms with Gasteiger partial charge in [0.1, 0.15) is 12.1 Å². The topological polar surface area (TPSA) is 148 Å². The molecule has 0 aliphatic carbocycles. The minimum absolute atomic E-state index is 0.142. The zero-order valence-corrected chi connectivity index (χ0v) is 30.0. The largest absolute Gasteiger partial charge is 0.350 e. The van der Waals surface area contributed by atoms with E-state index in [0.29, 0.717) is 29.6 Å². The van der Waals surface area contributed by atoms with Crippen molar-refractivity contribution in [3.05, 3.63) is 93.6 Å². The van der Waals surface area contributed by atoms with Crippen LogP contribution in [0, 0.1) is 0 Å². The van der Waals surface area contributed by atoms with Crippen LogP contribution in [0.25, 0.3) is 10.9 Å². The van der Waals surface area contributed by atoms with Gasteiger partial charge in [0, 0.05) is 77.1 Å². The van der Waals surface area contributed by atoms with Crippen LogP contribution in [0.3, 0.4) is 0 Å². The average molecular weight is 725 g/mol. The number of carbonyl (C=O) groups is 3. The van der Waals surface area contributed by atoms with E-state index >= 15 is 0 Å². The first-order valence-corrected chi connectivity index (χ1v) is 17.9. The van der Waals surface area contributed by atoms with Crippen molar-refractivity contribution in [1.82, 2.24) is 25.4 Å². The van der Waals surface area contributed by atoms with E-state index in [4.69, 9.17) is 34.7 Å². The van der Waals surface area contributed by atoms with Gasteiger partial charge < -0.3 is 36.9 Å². The number of hydrogen-bond acceptors (Lipinski definition) is 7. The maximum absolute atomic E-state index is 14.2. The lowest BCUT2D eigenvalue weighted by atomic mass is 10.0. The Morgan fingerprint density at radius 3 is 2.37 bits per heavy atom. The second-order valence-corrected chi connectivity index (χ2v) is 14.2. The van der Waals surface area contributed by atoms with Crippen LogP contribution in [0.2, 0.25) is 10.0 Å². The van der Waals surface area contributed by atoms with Gasteiger partial charge in [0.05, 0.1) is 6.04 Å². The van der Waals surface area contributed by atoms with E-state index in [1.807, 2.05) is 72.4 Å². The van der Waals surface area contributed by atoms with Crippen LogP contribution in [-0.4, -0.2) is 65.5 Å². The van der Waals surface area contributed by atoms with Crippen LogP contribution >= 0.6 is 35.0 Å². The van der Waals surface area contributed by atoms with Crippen LogP contribution in [0.15, 0.2) is 76.7 Å². The average Bonchev–Trinajstić information content (AvgIpc) is 3.40. The normalized spacial score (nSPS) is 19.6. The molecule has 4 aromatic rings. The molecule has 1 aliphatic rings. The van der Waals surface area contributed by atoms with Crippen molar-refractivity contribution < 1.29 is 14.4 Å². The Bertz CT molecular complexity index is 1820. The summed E-state index contributed by atoms with van der Waals surface area (Å²) in [5.74, 6) is -1.16. The zero-order valence-electron chi connectivity index (χ0n) is 27.7. The first-order chi connectivity index (χ1) is 23.6. The molecule has 10 nitrogen and oxygen atoms in total. The Morgan fingerprint density at radius 1 is 0.857 bits per heavy atom. The summed E-state index contributed by atoms with van der Waals surface area (Å²) in [4.78, 5) is 45.3. The fourth-order valence-corrected chi connectivity index (χ4v) is 7.53. The summed E-state index contributed by atoms with van der Waals surface area (Å²) < 4.78 is 1.95. The van der Waals surface area contributed by atoms with Gasteiger partial charge in [0.15, 0.2) is 0 Å². The van der Waals surface area contributed by atoms with Crippen molar-refractivity contribution in [1.29, 1.82) is 0 Å². The number of nitrogens with two attached hydrogens (primary N) is 2. The van der Waals surface area contributed by atoms with Gasteiger partial charge in [0.2, 0.25) is 17.7 Å². The Kier molecular flexibility index (Phi) is 12.6. The number of aromatic nitrogens is 1. The lowest BCUT2D eigenvalue weighted by Gasteiger charge is -2.31. The molecule has 2 heterocycles. The number of benzene rings is 3. The third-order valence-corrected chi connectivity index (χ3v) is 10.6. The maximum Gasteiger partial charge on any atom is 0.246 e. The Balaban J connectivity index is 1.55. The van der Waals surface area contributed by atoms with E-state index < -0.39 is 24.0 Å². The quantitative estimate of drug-likeness (QED) is 0.178. The van der Waals surface area contributed by atoms with Crippen molar-refractivity contribution >= 4 is 63.6 Å². The number of halogens is 2. The SMILES string of the molecule is CN1C(=O)[C@H](CN)NC(=O)[C@H](CCCCN)NCc2ccccc2Sc2ccc(Cl)cc2CNC(=O)[C@@H]1Cc1cn(C)c2cc(Cl)ccc12. The highest BCUT2D eigenvalue weighted by Gasteiger charge is 2.34. The second-order valence-electron chi connectivity index (χ2n) is 12.3. The highest BCUT2D eigenvalue weighted by atomic mass is 35.5. The third kappa shape index (κ3) is 8.97. The standard InChI is InChI=1S/C36H43Cl2N7O3S/c1-44-21-24(27-12-10-26(38)17-30(27)44)16-31-35(47)42-20-23-15-25(37)11-13-33(23)49-32-9-4-3-7-22(32)19-41-28(8-5-6-14-39)34(46)43-29(18-40)36(48)45(31)2/h3-4,7,9-13,15,17,21,28-29,31,41H,5-6,8,14,16,18-20,39-40H2,1-2H3,(H,42,47)(H,43,46)/t28-,29-,31-/m0/s1. The number of amides is 3. The first kappa shape index (κ1) is 36.7. The first-order valence-electron chi connectivity index (χ1n) is 16.4. The molecular weight excluding hydrogens is 681 g/mol. The van der Waals surface area contributed by atoms with E-state index in [-0.39, 0.29) is 31.3 Å². The predicted octanol–water partition coefficient (Wildman–Crippen LogP) is 4.37. The van der Waals surface area contributed by atoms with Gasteiger partial charge >= 0.3 is 0 Å². The number of carbonyl (C=O) groups excluding carboxylic acids is 3. The summed E-state index contributed by atoms with van der Waals surface area (Å²) in [6.45, 7) is 0.977. The molecule has 13 heteroatoms. The molecule has 5 rings (SSSR count). The lowest BCUT2D eigenvalue weighted by molar-refractivity contribution is -0.141. The molecule has 0 saturated heterocycles. The number of aryl methyl sites for hydroxylation is 1. The molecule has 260 valence electrons. The highest BCUT2D eigenvalue weighted by Crippen LogP contribution is 2.34. The smallest absolute Gasteiger partial charge is 0.246 e. The van der Waals surface area contributed by atoms with Crippen molar-refractivity contribution in [3.8, 4) is 0 Å². The molecule has 0 saturated carbocycles. The molecule has 3 atom stereocenters. The van der Waals surface area contributed by atoms with Crippen LogP contribution < -0.4 is 27.4 Å². The highest BCUT2D eigenvalue weighted by molar-refractivity contribution is 7.99. The molecule has 3 amide bonds. The number of rotatable bonds is 7. The van der Waals surface area contributed by atoms with Crippen LogP contribution in [-0.2, 0) is 40.9 Å². The van der Waals surface area contributed by atoms with Gasteiger partial charge in [-0.15, -0.1) is 0 Å². The summed E-state index contributed by atoms with van der Waals surface area (Å²) in [7, 11) is 3.49. The van der Waals surface area contributed by atoms with E-state index in [2.05, 4.69) is 16.0 Å². The molecule has 7 N–H and O–H groups in total. The predicted molar refractivity (Wildman–Crippen MR) is 197 cm³/mol. The van der Waals surface area contributed by atoms with Crippen molar-refractivity contribution in [2.45, 2.75) is 66.7 Å². The molecule has 0 fully saturated rings. The molecule has 0 unspecified atom stereocenters. The van der Waals surface area contributed by atoms with Crippen molar-refractivity contribution in [3.63, 3.8) is 0 Å². The van der Waals surface area contributed by atoms with Crippen LogP contribution in [0.5, 0.6) is 0 Å². The number of nitrogens with one attached hydrogen (secondary N) is 3. The van der Waals surface area contributed by atoms with Gasteiger partial charge in [-0.3, -0.25) is 14.4 Å². The fourth-order valence-electron chi connectivity index (χ4n) is 6.12. The minimum atomic E-state index is -1.05. The summed E-state index contributed by atoms with van der Waals surface area (Å²) in [6.07, 6.45) is 4.17. The van der Waals surface area contributed by atoms with E-state index in [0.717, 1.165) is 50.2 Å². The van der Waals surface area contributed by atoms with Gasteiger partial charge in [0.25, 0.3) is 0 Å². The number of hydrogen-bond donors (Lipinski definition) is 5. The second kappa shape index (κ2) is 16.9. The van der Waals surface area contributed by atoms with Crippen LogP contribution in [0.4, 0.5) is 0 Å². The zero-order chi connectivity index (χ0) is 35.1. The number of unbranched alkanes of at least 4 members (excludes halogenated alkanes) is 1. The maximum atomic E-state index is 14.2. The Hall–Kier alpha value is -3.58. The summed E-state index contributed by atoms with van der Waals surface area (Å²) in [6, 6.07) is 16.6. The van der Waals surface area contributed by atoms with Gasteiger partial charge in [-0.1, -0.05) is 65.7 Å². The monoisotopic (exact) mass is 723 g/mol. The number of nitrogens with zero attached hydrogens (tertiary/aromatic N) is 2. The molecular formula is C36H43Cl2N7O3S. The van der Waals surface area contributed by atoms with Crippen molar-refractivity contribution in [2.75, 3.05) is 20.1 Å².